The third-order valence-corrected chi connectivity index (χ3v) is 6.52. The highest BCUT2D eigenvalue weighted by atomic mass is 32.2. The van der Waals surface area contributed by atoms with E-state index in [-0.39, 0.29) is 27.7 Å². The third-order valence-electron chi connectivity index (χ3n) is 5.22. The number of rotatable bonds is 6. The van der Waals surface area contributed by atoms with Crippen LogP contribution < -0.4 is 10.1 Å². The minimum atomic E-state index is -4.19. The Balaban J connectivity index is 1.80. The summed E-state index contributed by atoms with van der Waals surface area (Å²) < 4.78 is 35.3. The molecule has 0 fully saturated rings. The van der Waals surface area contributed by atoms with Crippen molar-refractivity contribution in [3.63, 3.8) is 0 Å². The number of carbonyl (C=O) groups is 2. The summed E-state index contributed by atoms with van der Waals surface area (Å²) in [6.07, 6.45) is 1.38. The van der Waals surface area contributed by atoms with Crippen LogP contribution in [0.25, 0.3) is 0 Å². The lowest BCUT2D eigenvalue weighted by molar-refractivity contribution is 0.0696. The fraction of sp³-hybridized carbons (Fsp3) is 0.0800. The largest absolute Gasteiger partial charge is 0.495 e. The van der Waals surface area contributed by atoms with Crippen molar-refractivity contribution in [2.24, 2.45) is 4.40 Å². The van der Waals surface area contributed by atoms with E-state index >= 15 is 0 Å². The molecule has 172 valence electrons. The summed E-state index contributed by atoms with van der Waals surface area (Å²) in [6, 6.07) is 16.8. The first-order valence-electron chi connectivity index (χ1n) is 10.2. The molecule has 9 heteroatoms. The van der Waals surface area contributed by atoms with E-state index in [1.807, 2.05) is 19.1 Å². The first-order chi connectivity index (χ1) is 16.2. The van der Waals surface area contributed by atoms with Crippen molar-refractivity contribution in [1.29, 1.82) is 0 Å². The number of allylic oxidation sites excluding steroid dienone is 2. The summed E-state index contributed by atoms with van der Waals surface area (Å²) in [5.74, 6) is -0.968. The summed E-state index contributed by atoms with van der Waals surface area (Å²) >= 11 is 0. The number of hydrogen-bond donors (Lipinski definition) is 2. The van der Waals surface area contributed by atoms with Crippen LogP contribution in [0.1, 0.15) is 31.8 Å². The van der Waals surface area contributed by atoms with Crippen molar-refractivity contribution >= 4 is 33.2 Å². The number of aromatic carboxylic acids is 1. The molecular formula is C25H20N2O6S. The van der Waals surface area contributed by atoms with Gasteiger partial charge in [-0.05, 0) is 55.0 Å². The van der Waals surface area contributed by atoms with Gasteiger partial charge in [0.05, 0.1) is 34.7 Å². The van der Waals surface area contributed by atoms with Gasteiger partial charge in [0.2, 0.25) is 5.78 Å². The quantitative estimate of drug-likeness (QED) is 0.550. The molecule has 1 aliphatic rings. The number of methoxy groups -OCH3 is 1. The summed E-state index contributed by atoms with van der Waals surface area (Å²) in [4.78, 5) is 24.1. The van der Waals surface area contributed by atoms with E-state index in [1.54, 1.807) is 30.3 Å². The first-order valence-corrected chi connectivity index (χ1v) is 11.6. The predicted molar refractivity (Wildman–Crippen MR) is 127 cm³/mol. The average molecular weight is 477 g/mol. The Bertz CT molecular complexity index is 1470. The number of nitrogens with zero attached hydrogens (tertiary/aromatic N) is 1. The molecule has 34 heavy (non-hydrogen) atoms. The zero-order valence-electron chi connectivity index (χ0n) is 18.3. The summed E-state index contributed by atoms with van der Waals surface area (Å²) in [5.41, 5.74) is 2.33. The minimum Gasteiger partial charge on any atom is -0.495 e. The number of fused-ring (bicyclic) bond motifs is 1. The van der Waals surface area contributed by atoms with Crippen LogP contribution in [0.15, 0.2) is 87.8 Å². The monoisotopic (exact) mass is 476 g/mol. The molecule has 3 aromatic carbocycles. The van der Waals surface area contributed by atoms with Crippen LogP contribution in [-0.2, 0) is 10.0 Å². The number of anilines is 1. The molecule has 1 aliphatic carbocycles. The number of benzene rings is 3. The van der Waals surface area contributed by atoms with Crippen molar-refractivity contribution in [3.05, 3.63) is 101 Å². The van der Waals surface area contributed by atoms with Gasteiger partial charge >= 0.3 is 5.97 Å². The van der Waals surface area contributed by atoms with E-state index < -0.39 is 16.0 Å². The third kappa shape index (κ3) is 4.46. The van der Waals surface area contributed by atoms with Gasteiger partial charge in [-0.15, -0.1) is 0 Å². The Hall–Kier alpha value is -4.24. The molecule has 0 bridgehead atoms. The molecule has 0 spiro atoms. The maximum Gasteiger partial charge on any atom is 0.335 e. The number of carbonyl (C=O) groups excluding carboxylic acids is 1. The minimum absolute atomic E-state index is 0.0429. The van der Waals surface area contributed by atoms with Crippen LogP contribution in [-0.4, -0.2) is 38.1 Å². The highest BCUT2D eigenvalue weighted by molar-refractivity contribution is 7.90. The van der Waals surface area contributed by atoms with Crippen molar-refractivity contribution in [1.82, 2.24) is 0 Å². The second-order valence-electron chi connectivity index (χ2n) is 7.54. The van der Waals surface area contributed by atoms with E-state index in [2.05, 4.69) is 9.71 Å². The van der Waals surface area contributed by atoms with Crippen molar-refractivity contribution < 1.29 is 27.9 Å². The van der Waals surface area contributed by atoms with E-state index in [0.717, 1.165) is 5.56 Å². The fourth-order valence-corrected chi connectivity index (χ4v) is 4.51. The molecule has 0 saturated carbocycles. The molecule has 4 rings (SSSR count). The van der Waals surface area contributed by atoms with Crippen LogP contribution >= 0.6 is 0 Å². The second kappa shape index (κ2) is 8.95. The number of carboxylic acids is 1. The highest BCUT2D eigenvalue weighted by Gasteiger charge is 2.27. The molecule has 3 aromatic rings. The Morgan fingerprint density at radius 2 is 1.68 bits per heavy atom. The number of nitrogens with one attached hydrogen (secondary N) is 1. The Morgan fingerprint density at radius 1 is 1.00 bits per heavy atom. The van der Waals surface area contributed by atoms with Gasteiger partial charge in [-0.2, -0.15) is 12.8 Å². The number of sulfonamides is 1. The molecule has 0 amide bonds. The molecule has 0 aromatic heterocycles. The number of aryl methyl sites for hydroxylation is 1. The van der Waals surface area contributed by atoms with Crippen LogP contribution in [0.4, 0.5) is 5.69 Å². The van der Waals surface area contributed by atoms with Gasteiger partial charge in [0, 0.05) is 11.1 Å². The number of carboxylic acid groups (broad SMARTS) is 1. The van der Waals surface area contributed by atoms with E-state index in [4.69, 9.17) is 9.84 Å². The van der Waals surface area contributed by atoms with Gasteiger partial charge in [-0.25, -0.2) is 4.79 Å². The molecule has 0 aliphatic heterocycles. The lowest BCUT2D eigenvalue weighted by atomic mass is 9.92. The second-order valence-corrected chi connectivity index (χ2v) is 9.15. The number of hydrogen-bond acceptors (Lipinski definition) is 6. The predicted octanol–water partition coefficient (Wildman–Crippen LogP) is 4.07. The molecule has 0 saturated heterocycles. The van der Waals surface area contributed by atoms with E-state index in [9.17, 15) is 18.0 Å². The van der Waals surface area contributed by atoms with Gasteiger partial charge in [0.25, 0.3) is 10.0 Å². The molecule has 0 heterocycles. The van der Waals surface area contributed by atoms with Gasteiger partial charge in [-0.3, -0.25) is 4.79 Å². The van der Waals surface area contributed by atoms with Gasteiger partial charge < -0.3 is 15.2 Å². The van der Waals surface area contributed by atoms with Crippen LogP contribution in [0.2, 0.25) is 0 Å². The molecule has 8 nitrogen and oxygen atoms in total. The van der Waals surface area contributed by atoms with Gasteiger partial charge in [0.15, 0.2) is 0 Å². The number of Topliss-reactive ketones (excluding diaryl/α,β-unsaturated/α-hetero) is 1. The zero-order chi connectivity index (χ0) is 24.5. The topological polar surface area (TPSA) is 122 Å². The fourth-order valence-electron chi connectivity index (χ4n) is 3.51. The number of ketones is 1. The van der Waals surface area contributed by atoms with Crippen LogP contribution in [0.5, 0.6) is 5.75 Å². The summed E-state index contributed by atoms with van der Waals surface area (Å²) in [7, 11) is -2.68. The maximum atomic E-state index is 13.2. The maximum absolute atomic E-state index is 13.2. The summed E-state index contributed by atoms with van der Waals surface area (Å²) in [5, 5.41) is 12.1. The molecule has 0 atom stereocenters. The molecular weight excluding hydrogens is 456 g/mol. The SMILES string of the molecule is COc1ccc(C)cc1NC1=C/C(=N/S(=O)(=O)c2ccc(C(=O)O)cc2)c2ccccc2C1=O. The Kier molecular flexibility index (Phi) is 6.04. The highest BCUT2D eigenvalue weighted by Crippen LogP contribution is 2.30. The van der Waals surface area contributed by atoms with Crippen molar-refractivity contribution in [2.75, 3.05) is 12.4 Å². The Morgan fingerprint density at radius 3 is 2.32 bits per heavy atom. The summed E-state index contributed by atoms with van der Waals surface area (Å²) in [6.45, 7) is 1.89. The first kappa shape index (κ1) is 22.9. The van der Waals surface area contributed by atoms with Crippen LogP contribution in [0, 0.1) is 6.92 Å². The Labute approximate surface area is 196 Å². The van der Waals surface area contributed by atoms with Gasteiger partial charge in [-0.1, -0.05) is 30.3 Å². The van der Waals surface area contributed by atoms with Crippen LogP contribution in [0.3, 0.4) is 0 Å². The lowest BCUT2D eigenvalue weighted by Gasteiger charge is -2.20. The average Bonchev–Trinajstić information content (AvgIpc) is 2.82. The zero-order valence-corrected chi connectivity index (χ0v) is 19.1. The number of ether oxygens (including phenoxy) is 1. The van der Waals surface area contributed by atoms with Gasteiger partial charge in [0.1, 0.15) is 5.75 Å². The smallest absolute Gasteiger partial charge is 0.335 e. The molecule has 0 radical (unpaired) electrons. The van der Waals surface area contributed by atoms with Crippen molar-refractivity contribution in [3.8, 4) is 5.75 Å². The standard InChI is InChI=1S/C25H20N2O6S/c1-15-7-12-23(33-2)21(13-15)26-22-14-20(18-5-3-4-6-19(18)24(22)28)27-34(31,32)17-10-8-16(9-11-17)25(29)30/h3-14,26H,1-2H3,(H,29,30)/b27-20-. The van der Waals surface area contributed by atoms with E-state index in [0.29, 0.717) is 22.6 Å². The van der Waals surface area contributed by atoms with Crippen molar-refractivity contribution in [2.45, 2.75) is 11.8 Å². The van der Waals surface area contributed by atoms with E-state index in [1.165, 1.54) is 37.5 Å². The molecule has 2 N–H and O–H groups in total. The molecule has 0 unspecified atom stereocenters. The normalized spacial score (nSPS) is 14.4. The lowest BCUT2D eigenvalue weighted by Crippen LogP contribution is -2.23.